The maximum Gasteiger partial charge on any atom is 0.306 e. The van der Waals surface area contributed by atoms with Crippen molar-refractivity contribution in [3.63, 3.8) is 0 Å². The highest BCUT2D eigenvalue weighted by atomic mass is 31.2. The first-order chi connectivity index (χ1) is 37.4. The fourth-order valence-electron chi connectivity index (χ4n) is 9.10. The number of allylic oxidation sites excluding steroid dienone is 11. The summed E-state index contributed by atoms with van der Waals surface area (Å²) in [6.45, 7) is 6.79. The molecule has 0 heterocycles. The van der Waals surface area contributed by atoms with Crippen LogP contribution >= 0.6 is 7.82 Å². The fraction of sp³-hybridized carbons (Fsp3) is 0.791. The maximum atomic E-state index is 13.5. The van der Waals surface area contributed by atoms with Gasteiger partial charge in [-0.05, 0) is 96.0 Å². The molecule has 0 aliphatic heterocycles. The number of unbranched alkanes of at least 4 members (excludes halogenated alkanes) is 32. The lowest BCUT2D eigenvalue weighted by Crippen LogP contribution is -2.47. The van der Waals surface area contributed by atoms with Crippen molar-refractivity contribution in [2.45, 2.75) is 303 Å². The van der Waals surface area contributed by atoms with Crippen LogP contribution in [0.5, 0.6) is 0 Å². The van der Waals surface area contributed by atoms with Gasteiger partial charge in [-0.1, -0.05) is 255 Å². The molecule has 0 saturated carbocycles. The SMILES string of the molecule is CCCCC/C=C\C/C=C\C/C=C\C/C=C\CCCC(=O)NC(COP(=O)([O-])OCC[N+](C)(C)C)C(/C=C/CCCCCCCCCCCCC)OC(=O)CCCCCCCCCCCCC/C=C/CCCCCCCC. The van der Waals surface area contributed by atoms with Crippen molar-refractivity contribution >= 4 is 19.7 Å². The largest absolute Gasteiger partial charge is 0.756 e. The summed E-state index contributed by atoms with van der Waals surface area (Å²) in [7, 11) is 1.15. The standard InChI is InChI=1S/C67H123N2O7P/c1-7-10-13-16-19-22-25-28-30-32-33-34-35-37-39-42-45-48-51-54-57-60-67(71)76-65(58-55-52-49-46-43-40-27-24-21-18-15-12-9-3)64(63-75-77(72,73)74-62-61-69(4,5)6)68-66(70)59-56-53-50-47-44-41-38-36-31-29-26-23-20-17-14-11-8-2/h20,23,28-31,38,41,47,50,55,58,64-65H,7-19,21-22,24-27,32-37,39-40,42-46,48-49,51-54,56-57,59-63H2,1-6H3,(H-,68,70,72,73)/b23-20-,30-28+,31-29-,41-38-,50-47-,58-55+. The van der Waals surface area contributed by atoms with Crippen LogP contribution in [0.2, 0.25) is 0 Å². The quantitative estimate of drug-likeness (QED) is 0.0212. The Morgan fingerprint density at radius 3 is 1.25 bits per heavy atom. The fourth-order valence-corrected chi connectivity index (χ4v) is 9.82. The number of rotatable bonds is 58. The molecule has 77 heavy (non-hydrogen) atoms. The zero-order valence-electron chi connectivity index (χ0n) is 51.2. The number of phosphoric ester groups is 1. The van der Waals surface area contributed by atoms with Gasteiger partial charge in [-0.2, -0.15) is 0 Å². The Bertz CT molecular complexity index is 1550. The van der Waals surface area contributed by atoms with Crippen molar-refractivity contribution in [3.05, 3.63) is 72.9 Å². The zero-order valence-corrected chi connectivity index (χ0v) is 52.0. The van der Waals surface area contributed by atoms with Crippen LogP contribution < -0.4 is 10.2 Å². The van der Waals surface area contributed by atoms with Crippen LogP contribution in [0, 0.1) is 0 Å². The topological polar surface area (TPSA) is 114 Å². The predicted molar refractivity (Wildman–Crippen MR) is 330 cm³/mol. The second-order valence-corrected chi connectivity index (χ2v) is 24.3. The number of quaternary nitrogens is 1. The maximum absolute atomic E-state index is 13.5. The molecule has 3 unspecified atom stereocenters. The van der Waals surface area contributed by atoms with E-state index in [-0.39, 0.29) is 31.3 Å². The van der Waals surface area contributed by atoms with Gasteiger partial charge in [-0.25, -0.2) is 0 Å². The third-order valence-corrected chi connectivity index (χ3v) is 15.1. The van der Waals surface area contributed by atoms with Crippen LogP contribution in [-0.4, -0.2) is 69.4 Å². The molecule has 1 N–H and O–H groups in total. The van der Waals surface area contributed by atoms with E-state index in [0.29, 0.717) is 17.4 Å². The molecule has 0 radical (unpaired) electrons. The van der Waals surface area contributed by atoms with Gasteiger partial charge in [-0.3, -0.25) is 14.2 Å². The monoisotopic (exact) mass is 1100 g/mol. The van der Waals surface area contributed by atoms with E-state index in [2.05, 4.69) is 86.8 Å². The lowest BCUT2D eigenvalue weighted by molar-refractivity contribution is -0.870. The molecule has 0 saturated heterocycles. The Morgan fingerprint density at radius 2 is 0.805 bits per heavy atom. The minimum absolute atomic E-state index is 0.0340. The number of nitrogens with zero attached hydrogens (tertiary/aromatic N) is 1. The number of nitrogens with one attached hydrogen (secondary N) is 1. The van der Waals surface area contributed by atoms with Gasteiger partial charge in [0.05, 0.1) is 33.8 Å². The van der Waals surface area contributed by atoms with Crippen molar-refractivity contribution in [1.82, 2.24) is 5.32 Å². The number of amides is 1. The number of likely N-dealkylation sites (N-methyl/N-ethyl adjacent to an activating group) is 1. The third kappa shape index (κ3) is 57.9. The van der Waals surface area contributed by atoms with Crippen LogP contribution in [0.3, 0.4) is 0 Å². The number of carbonyl (C=O) groups is 2. The van der Waals surface area contributed by atoms with Gasteiger partial charge >= 0.3 is 5.97 Å². The van der Waals surface area contributed by atoms with E-state index in [9.17, 15) is 19.0 Å². The molecule has 0 aliphatic rings. The smallest absolute Gasteiger partial charge is 0.306 e. The Labute approximate surface area is 476 Å². The van der Waals surface area contributed by atoms with Gasteiger partial charge < -0.3 is 28.5 Å². The van der Waals surface area contributed by atoms with Crippen molar-refractivity contribution in [2.24, 2.45) is 0 Å². The van der Waals surface area contributed by atoms with E-state index < -0.39 is 26.6 Å². The molecule has 0 aliphatic carbocycles. The van der Waals surface area contributed by atoms with E-state index in [1.54, 1.807) is 0 Å². The van der Waals surface area contributed by atoms with Gasteiger partial charge in [0.15, 0.2) is 0 Å². The zero-order chi connectivity index (χ0) is 56.4. The number of phosphoric acid groups is 1. The third-order valence-electron chi connectivity index (χ3n) is 14.1. The van der Waals surface area contributed by atoms with Crippen LogP contribution in [-0.2, 0) is 27.9 Å². The summed E-state index contributed by atoms with van der Waals surface area (Å²) in [6, 6.07) is -0.919. The van der Waals surface area contributed by atoms with E-state index in [1.165, 1.54) is 186 Å². The summed E-state index contributed by atoms with van der Waals surface area (Å²) in [5.41, 5.74) is 0. The first-order valence-corrected chi connectivity index (χ1v) is 33.7. The van der Waals surface area contributed by atoms with Gasteiger partial charge in [0.2, 0.25) is 5.91 Å². The Hall–Kier alpha value is -2.55. The molecule has 0 fully saturated rings. The van der Waals surface area contributed by atoms with Gasteiger partial charge in [0.1, 0.15) is 19.3 Å². The number of hydrogen-bond donors (Lipinski definition) is 1. The average molecular weight is 1100 g/mol. The highest BCUT2D eigenvalue weighted by Crippen LogP contribution is 2.38. The average Bonchev–Trinajstić information content (AvgIpc) is 3.39. The van der Waals surface area contributed by atoms with Gasteiger partial charge in [0, 0.05) is 12.8 Å². The summed E-state index contributed by atoms with van der Waals surface area (Å²) in [4.78, 5) is 40.0. The molecular weight excluding hydrogens is 976 g/mol. The Balaban J connectivity index is 5.30. The molecule has 0 spiro atoms. The molecule has 0 aromatic heterocycles. The minimum Gasteiger partial charge on any atom is -0.756 e. The normalized spacial score (nSPS) is 14.1. The summed E-state index contributed by atoms with van der Waals surface area (Å²) < 4.78 is 30.3. The summed E-state index contributed by atoms with van der Waals surface area (Å²) >= 11 is 0. The first-order valence-electron chi connectivity index (χ1n) is 32.2. The second kappa shape index (κ2) is 56.7. The highest BCUT2D eigenvalue weighted by Gasteiger charge is 2.27. The van der Waals surface area contributed by atoms with Crippen LogP contribution in [0.25, 0.3) is 0 Å². The van der Waals surface area contributed by atoms with E-state index in [1.807, 2.05) is 33.3 Å². The number of esters is 1. The van der Waals surface area contributed by atoms with Crippen molar-refractivity contribution in [3.8, 4) is 0 Å². The number of carbonyl (C=O) groups excluding carboxylic acids is 2. The van der Waals surface area contributed by atoms with Crippen LogP contribution in [0.4, 0.5) is 0 Å². The highest BCUT2D eigenvalue weighted by molar-refractivity contribution is 7.45. The summed E-state index contributed by atoms with van der Waals surface area (Å²) in [5.74, 6) is -0.602. The number of hydrogen-bond acceptors (Lipinski definition) is 7. The van der Waals surface area contributed by atoms with Crippen molar-refractivity contribution in [1.29, 1.82) is 0 Å². The number of ether oxygens (including phenoxy) is 1. The Morgan fingerprint density at radius 1 is 0.455 bits per heavy atom. The van der Waals surface area contributed by atoms with Crippen molar-refractivity contribution in [2.75, 3.05) is 40.9 Å². The Kier molecular flexibility index (Phi) is 54.8. The molecule has 10 heteroatoms. The molecule has 0 bridgehead atoms. The van der Waals surface area contributed by atoms with Crippen molar-refractivity contribution < 1.29 is 37.3 Å². The lowest BCUT2D eigenvalue weighted by Gasteiger charge is -2.30. The van der Waals surface area contributed by atoms with Crippen LogP contribution in [0.15, 0.2) is 72.9 Å². The van der Waals surface area contributed by atoms with Crippen LogP contribution in [0.1, 0.15) is 290 Å². The molecule has 0 aromatic rings. The van der Waals surface area contributed by atoms with E-state index in [4.69, 9.17) is 13.8 Å². The molecule has 0 aromatic carbocycles. The first kappa shape index (κ1) is 74.5. The molecular formula is C67H123N2O7P. The lowest BCUT2D eigenvalue weighted by atomic mass is 10.0. The van der Waals surface area contributed by atoms with Gasteiger partial charge in [-0.15, -0.1) is 0 Å². The molecule has 448 valence electrons. The molecule has 1 amide bonds. The molecule has 3 atom stereocenters. The summed E-state index contributed by atoms with van der Waals surface area (Å²) in [5, 5.41) is 3.00. The van der Waals surface area contributed by atoms with E-state index >= 15 is 0 Å². The molecule has 9 nitrogen and oxygen atoms in total. The minimum atomic E-state index is -4.72. The van der Waals surface area contributed by atoms with E-state index in [0.717, 1.165) is 64.2 Å². The van der Waals surface area contributed by atoms with Gasteiger partial charge in [0.25, 0.3) is 7.82 Å². The second-order valence-electron chi connectivity index (χ2n) is 22.9. The summed E-state index contributed by atoms with van der Waals surface area (Å²) in [6.07, 6.45) is 73.1. The molecule has 0 rings (SSSR count). The predicted octanol–water partition coefficient (Wildman–Crippen LogP) is 19.4.